The molecule has 1 aromatic rings. The number of hydrogen-bond acceptors (Lipinski definition) is 10. The van der Waals surface area contributed by atoms with E-state index in [1.807, 2.05) is 29.2 Å². The third-order valence-electron chi connectivity index (χ3n) is 7.92. The van der Waals surface area contributed by atoms with E-state index < -0.39 is 49.0 Å². The highest BCUT2D eigenvalue weighted by molar-refractivity contribution is 7.57. The molecule has 2 aliphatic heterocycles. The second kappa shape index (κ2) is 17.5. The quantitative estimate of drug-likeness (QED) is 0.138. The third-order valence-corrected chi connectivity index (χ3v) is 11.1. The molecule has 3 rings (SSSR count). The van der Waals surface area contributed by atoms with E-state index in [0.717, 1.165) is 11.1 Å². The van der Waals surface area contributed by atoms with Crippen LogP contribution in [0.4, 0.5) is 0 Å². The summed E-state index contributed by atoms with van der Waals surface area (Å²) in [4.78, 5) is 78.7. The lowest BCUT2D eigenvalue weighted by molar-refractivity contribution is 0.208. The molecule has 0 spiro atoms. The maximum absolute atomic E-state index is 12.2. The Balaban J connectivity index is 1.78. The SMILES string of the molecule is CP(=O)(O)CN1CCN(Cc2ccccc2CN2CCN(CP(=O)(O)O)CCN(CP(=O)(O)O)CC2)CCN(CP(=O)(O)O)CC1. The van der Waals surface area contributed by atoms with Gasteiger partial charge in [0.2, 0.25) is 7.37 Å². The summed E-state index contributed by atoms with van der Waals surface area (Å²) in [7, 11) is -16.4. The molecule has 0 bridgehead atoms. The summed E-state index contributed by atoms with van der Waals surface area (Å²) in [6.45, 7) is 7.22. The average Bonchev–Trinajstić information content (AvgIpc) is 3.03. The fourth-order valence-corrected chi connectivity index (χ4v) is 9.19. The fourth-order valence-electron chi connectivity index (χ4n) is 5.75. The topological polar surface area (TPSA) is 229 Å². The van der Waals surface area contributed by atoms with E-state index in [1.165, 1.54) is 6.66 Å². The Morgan fingerprint density at radius 3 is 0.935 bits per heavy atom. The lowest BCUT2D eigenvalue weighted by Crippen LogP contribution is -2.37. The first-order chi connectivity index (χ1) is 21.2. The molecule has 7 N–H and O–H groups in total. The van der Waals surface area contributed by atoms with Crippen molar-refractivity contribution in [2.24, 2.45) is 0 Å². The maximum atomic E-state index is 12.2. The van der Waals surface area contributed by atoms with Gasteiger partial charge in [-0.15, -0.1) is 0 Å². The zero-order valence-electron chi connectivity index (χ0n) is 26.3. The summed E-state index contributed by atoms with van der Waals surface area (Å²) in [6.07, 6.45) is -1.32. The molecular formula is C25H50N6O11P4. The molecule has 0 aromatic heterocycles. The molecule has 0 radical (unpaired) electrons. The van der Waals surface area contributed by atoms with E-state index >= 15 is 0 Å². The minimum Gasteiger partial charge on any atom is -0.344 e. The molecule has 0 saturated carbocycles. The predicted octanol–water partition coefficient (Wildman–Crippen LogP) is -0.211. The van der Waals surface area contributed by atoms with Gasteiger partial charge < -0.3 is 34.3 Å². The second-order valence-corrected chi connectivity index (χ2v) is 19.6. The van der Waals surface area contributed by atoms with Crippen LogP contribution in [-0.2, 0) is 31.3 Å². The molecular weight excluding hydrogens is 684 g/mol. The smallest absolute Gasteiger partial charge is 0.339 e. The molecule has 2 aliphatic rings. The van der Waals surface area contributed by atoms with E-state index in [0.29, 0.717) is 78.5 Å². The van der Waals surface area contributed by atoms with Crippen molar-refractivity contribution in [1.29, 1.82) is 0 Å². The monoisotopic (exact) mass is 734 g/mol. The molecule has 2 heterocycles. The third kappa shape index (κ3) is 16.8. The summed E-state index contributed by atoms with van der Waals surface area (Å²) in [6, 6.07) is 7.82. The maximum Gasteiger partial charge on any atom is 0.339 e. The van der Waals surface area contributed by atoms with E-state index in [-0.39, 0.29) is 19.4 Å². The van der Waals surface area contributed by atoms with Gasteiger partial charge in [0, 0.05) is 98.3 Å². The number of benzene rings is 1. The Morgan fingerprint density at radius 2 is 0.696 bits per heavy atom. The van der Waals surface area contributed by atoms with Gasteiger partial charge in [-0.05, 0) is 11.1 Å². The van der Waals surface area contributed by atoms with Crippen LogP contribution in [0.25, 0.3) is 0 Å². The molecule has 1 aromatic carbocycles. The first kappa shape index (κ1) is 40.1. The van der Waals surface area contributed by atoms with Crippen LogP contribution in [0.3, 0.4) is 0 Å². The highest BCUT2D eigenvalue weighted by atomic mass is 31.2. The highest BCUT2D eigenvalue weighted by Crippen LogP contribution is 2.38. The van der Waals surface area contributed by atoms with Gasteiger partial charge in [-0.25, -0.2) is 0 Å². The van der Waals surface area contributed by atoms with E-state index in [9.17, 15) is 52.5 Å². The zero-order chi connectivity index (χ0) is 34.2. The Bertz CT molecular complexity index is 1140. The summed E-state index contributed by atoms with van der Waals surface area (Å²) in [5.74, 6) is 0. The first-order valence-corrected chi connectivity index (χ1v) is 22.8. The highest BCUT2D eigenvalue weighted by Gasteiger charge is 2.27. The van der Waals surface area contributed by atoms with Gasteiger partial charge in [-0.2, -0.15) is 0 Å². The van der Waals surface area contributed by atoms with Crippen LogP contribution in [0.15, 0.2) is 24.3 Å². The minimum atomic E-state index is -4.35. The summed E-state index contributed by atoms with van der Waals surface area (Å²) < 4.78 is 47.5. The molecule has 17 nitrogen and oxygen atoms in total. The Morgan fingerprint density at radius 1 is 0.457 bits per heavy atom. The van der Waals surface area contributed by atoms with Crippen LogP contribution < -0.4 is 0 Å². The average molecular weight is 735 g/mol. The van der Waals surface area contributed by atoms with Crippen molar-refractivity contribution in [2.45, 2.75) is 13.1 Å². The van der Waals surface area contributed by atoms with Crippen LogP contribution in [0, 0.1) is 0 Å². The standard InChI is InChI=1S/C25H50N6O11P4/c1-43(32,33)20-28-10-6-26(7-11-29(15-14-28)21-44(34,35)36)18-24-4-2-3-5-25(24)19-27-8-12-30(22-45(37,38)39)16-17-31(13-9-27)23-46(40,41)42/h2-5H,6-23H2,1H3,(H,32,33)(H2,34,35,36)(H2,37,38,39)(H2,40,41,42). The van der Waals surface area contributed by atoms with Crippen molar-refractivity contribution in [3.05, 3.63) is 35.4 Å². The minimum absolute atomic E-state index is 0.0196. The Hall–Kier alpha value is -0.380. The predicted molar refractivity (Wildman–Crippen MR) is 175 cm³/mol. The second-order valence-electron chi connectivity index (χ2n) is 12.4. The molecule has 266 valence electrons. The van der Waals surface area contributed by atoms with Crippen molar-refractivity contribution in [3.63, 3.8) is 0 Å². The normalized spacial score (nSPS) is 22.3. The summed E-state index contributed by atoms with van der Waals surface area (Å²) >= 11 is 0. The van der Waals surface area contributed by atoms with Gasteiger partial charge in [-0.3, -0.25) is 47.7 Å². The molecule has 0 amide bonds. The van der Waals surface area contributed by atoms with Crippen LogP contribution in [0.1, 0.15) is 11.1 Å². The van der Waals surface area contributed by atoms with Gasteiger partial charge >= 0.3 is 22.8 Å². The lowest BCUT2D eigenvalue weighted by Gasteiger charge is -2.29. The molecule has 2 saturated heterocycles. The van der Waals surface area contributed by atoms with Gasteiger partial charge in [0.25, 0.3) is 0 Å². The van der Waals surface area contributed by atoms with Gasteiger partial charge in [-0.1, -0.05) is 24.3 Å². The van der Waals surface area contributed by atoms with Crippen molar-refractivity contribution in [3.8, 4) is 0 Å². The zero-order valence-corrected chi connectivity index (χ0v) is 29.9. The van der Waals surface area contributed by atoms with Gasteiger partial charge in [0.1, 0.15) is 18.9 Å². The van der Waals surface area contributed by atoms with Crippen molar-refractivity contribution in [2.75, 3.05) is 110 Å². The molecule has 46 heavy (non-hydrogen) atoms. The number of nitrogens with zero attached hydrogens (tertiary/aromatic N) is 6. The lowest BCUT2D eigenvalue weighted by atomic mass is 10.1. The van der Waals surface area contributed by atoms with Crippen molar-refractivity contribution in [1.82, 2.24) is 29.4 Å². The van der Waals surface area contributed by atoms with Gasteiger partial charge in [0.15, 0.2) is 0 Å². The van der Waals surface area contributed by atoms with E-state index in [4.69, 9.17) is 0 Å². The molecule has 2 fully saturated rings. The number of hydrogen-bond donors (Lipinski definition) is 7. The number of rotatable bonds is 12. The van der Waals surface area contributed by atoms with Crippen LogP contribution in [0.2, 0.25) is 0 Å². The van der Waals surface area contributed by atoms with Crippen LogP contribution in [0.5, 0.6) is 0 Å². The Kier molecular flexibility index (Phi) is 15.3. The summed E-state index contributed by atoms with van der Waals surface area (Å²) in [5, 5.41) is 0. The van der Waals surface area contributed by atoms with Gasteiger partial charge in [0.05, 0.1) is 6.29 Å². The molecule has 1 unspecified atom stereocenters. The molecule has 0 aliphatic carbocycles. The molecule has 1 atom stereocenters. The molecule has 21 heteroatoms. The van der Waals surface area contributed by atoms with Crippen molar-refractivity contribution < 1.29 is 52.5 Å². The van der Waals surface area contributed by atoms with Crippen molar-refractivity contribution >= 4 is 30.2 Å². The Labute approximate surface area is 270 Å². The first-order valence-electron chi connectivity index (χ1n) is 15.1. The van der Waals surface area contributed by atoms with Crippen LogP contribution in [-0.4, -0.2) is 174 Å². The van der Waals surface area contributed by atoms with E-state index in [2.05, 4.69) is 9.80 Å². The van der Waals surface area contributed by atoms with Crippen LogP contribution >= 0.6 is 30.2 Å². The van der Waals surface area contributed by atoms with E-state index in [1.54, 1.807) is 14.7 Å². The summed E-state index contributed by atoms with van der Waals surface area (Å²) in [5.41, 5.74) is 2.01. The largest absolute Gasteiger partial charge is 0.344 e. The fraction of sp³-hybridized carbons (Fsp3) is 0.760.